The van der Waals surface area contributed by atoms with Gasteiger partial charge in [0.25, 0.3) is 0 Å². The second-order valence-corrected chi connectivity index (χ2v) is 4.97. The third-order valence-corrected chi connectivity index (χ3v) is 3.37. The highest BCUT2D eigenvalue weighted by Crippen LogP contribution is 2.28. The molecule has 1 aromatic rings. The van der Waals surface area contributed by atoms with Gasteiger partial charge in [-0.2, -0.15) is 0 Å². The molecule has 0 amide bonds. The molecule has 1 saturated heterocycles. The van der Waals surface area contributed by atoms with E-state index in [0.717, 1.165) is 36.1 Å². The molecular formula is C11H16BrN3O. The topological polar surface area (TPSA) is 60.2 Å². The van der Waals surface area contributed by atoms with Gasteiger partial charge in [-0.3, -0.25) is 16.3 Å². The number of hydrogen-bond donors (Lipinski definition) is 2. The average molecular weight is 286 g/mol. The van der Waals surface area contributed by atoms with E-state index in [0.29, 0.717) is 5.92 Å². The summed E-state index contributed by atoms with van der Waals surface area (Å²) in [6.45, 7) is 1.63. The number of pyridine rings is 1. The molecule has 88 valence electrons. The maximum atomic E-state index is 5.64. The average Bonchev–Trinajstić information content (AvgIpc) is 2.31. The molecule has 0 spiro atoms. The summed E-state index contributed by atoms with van der Waals surface area (Å²) < 4.78 is 6.46. The number of nitrogens with zero attached hydrogens (tertiary/aromatic N) is 1. The van der Waals surface area contributed by atoms with E-state index >= 15 is 0 Å². The fourth-order valence-electron chi connectivity index (χ4n) is 2.13. The standard InChI is InChI=1S/C11H16BrN3O/c12-10-4-9(5-14-6-10)11(15-13)8-2-1-3-16-7-8/h4-6,8,11,15H,1-3,7,13H2. The van der Waals surface area contributed by atoms with E-state index in [4.69, 9.17) is 10.6 Å². The monoisotopic (exact) mass is 285 g/mol. The van der Waals surface area contributed by atoms with Gasteiger partial charge < -0.3 is 4.74 Å². The Morgan fingerprint density at radius 1 is 1.56 bits per heavy atom. The molecule has 2 atom stereocenters. The summed E-state index contributed by atoms with van der Waals surface area (Å²) in [6.07, 6.45) is 5.87. The highest BCUT2D eigenvalue weighted by molar-refractivity contribution is 9.10. The molecule has 1 fully saturated rings. The number of hydrogen-bond acceptors (Lipinski definition) is 4. The summed E-state index contributed by atoms with van der Waals surface area (Å²) in [7, 11) is 0. The molecular weight excluding hydrogens is 270 g/mol. The molecule has 0 bridgehead atoms. The lowest BCUT2D eigenvalue weighted by atomic mass is 9.90. The van der Waals surface area contributed by atoms with E-state index in [9.17, 15) is 0 Å². The largest absolute Gasteiger partial charge is 0.381 e. The molecule has 4 nitrogen and oxygen atoms in total. The Morgan fingerprint density at radius 2 is 2.44 bits per heavy atom. The SMILES string of the molecule is NNC(c1cncc(Br)c1)C1CCCOC1. The first-order valence-corrected chi connectivity index (χ1v) is 6.25. The maximum Gasteiger partial charge on any atom is 0.0525 e. The van der Waals surface area contributed by atoms with E-state index in [1.165, 1.54) is 0 Å². The first-order valence-electron chi connectivity index (χ1n) is 5.45. The van der Waals surface area contributed by atoms with Crippen LogP contribution in [0.1, 0.15) is 24.4 Å². The van der Waals surface area contributed by atoms with Crippen molar-refractivity contribution < 1.29 is 4.74 Å². The van der Waals surface area contributed by atoms with Crippen molar-refractivity contribution in [1.29, 1.82) is 0 Å². The molecule has 2 unspecified atom stereocenters. The van der Waals surface area contributed by atoms with Gasteiger partial charge in [0.1, 0.15) is 0 Å². The molecule has 1 aromatic heterocycles. The minimum Gasteiger partial charge on any atom is -0.381 e. The summed E-state index contributed by atoms with van der Waals surface area (Å²) in [5, 5.41) is 0. The van der Waals surface area contributed by atoms with Gasteiger partial charge >= 0.3 is 0 Å². The lowest BCUT2D eigenvalue weighted by Crippen LogP contribution is -2.37. The van der Waals surface area contributed by atoms with Gasteiger partial charge in [-0.05, 0) is 40.4 Å². The Kier molecular flexibility index (Phi) is 4.29. The predicted molar refractivity (Wildman–Crippen MR) is 65.5 cm³/mol. The summed E-state index contributed by atoms with van der Waals surface area (Å²) in [4.78, 5) is 4.16. The van der Waals surface area contributed by atoms with Gasteiger partial charge in [0, 0.05) is 29.4 Å². The summed E-state index contributed by atoms with van der Waals surface area (Å²) in [5.74, 6) is 6.06. The highest BCUT2D eigenvalue weighted by atomic mass is 79.9. The minimum absolute atomic E-state index is 0.116. The quantitative estimate of drug-likeness (QED) is 0.657. The van der Waals surface area contributed by atoms with Crippen LogP contribution < -0.4 is 11.3 Å². The van der Waals surface area contributed by atoms with Crippen molar-refractivity contribution in [3.63, 3.8) is 0 Å². The molecule has 0 aromatic carbocycles. The van der Waals surface area contributed by atoms with Crippen molar-refractivity contribution in [1.82, 2.24) is 10.4 Å². The van der Waals surface area contributed by atoms with Gasteiger partial charge in [0.2, 0.25) is 0 Å². The van der Waals surface area contributed by atoms with E-state index in [2.05, 4.69) is 26.3 Å². The number of ether oxygens (including phenoxy) is 1. The molecule has 1 aliphatic heterocycles. The Labute approximate surface area is 104 Å². The smallest absolute Gasteiger partial charge is 0.0525 e. The van der Waals surface area contributed by atoms with Crippen LogP contribution in [0.4, 0.5) is 0 Å². The zero-order valence-electron chi connectivity index (χ0n) is 9.03. The first-order chi connectivity index (χ1) is 7.81. The molecule has 16 heavy (non-hydrogen) atoms. The van der Waals surface area contributed by atoms with Crippen LogP contribution in [0.5, 0.6) is 0 Å². The van der Waals surface area contributed by atoms with E-state index in [-0.39, 0.29) is 6.04 Å². The number of aromatic nitrogens is 1. The van der Waals surface area contributed by atoms with E-state index in [1.807, 2.05) is 12.3 Å². The molecule has 3 N–H and O–H groups in total. The molecule has 0 radical (unpaired) electrons. The van der Waals surface area contributed by atoms with Gasteiger partial charge in [-0.25, -0.2) is 0 Å². The Balaban J connectivity index is 2.14. The van der Waals surface area contributed by atoms with Crippen LogP contribution in [0.3, 0.4) is 0 Å². The minimum atomic E-state index is 0.116. The van der Waals surface area contributed by atoms with Crippen molar-refractivity contribution in [3.8, 4) is 0 Å². The van der Waals surface area contributed by atoms with Crippen molar-refractivity contribution in [3.05, 3.63) is 28.5 Å². The van der Waals surface area contributed by atoms with E-state index in [1.54, 1.807) is 6.20 Å². The van der Waals surface area contributed by atoms with Crippen molar-refractivity contribution in [2.45, 2.75) is 18.9 Å². The second kappa shape index (κ2) is 5.72. The Hall–Kier alpha value is -0.490. The summed E-state index contributed by atoms with van der Waals surface area (Å²) in [5.41, 5.74) is 3.98. The van der Waals surface area contributed by atoms with Crippen molar-refractivity contribution >= 4 is 15.9 Å². The summed E-state index contributed by atoms with van der Waals surface area (Å²) >= 11 is 3.42. The predicted octanol–water partition coefficient (Wildman–Crippen LogP) is 1.78. The number of nitrogens with two attached hydrogens (primary N) is 1. The molecule has 1 aliphatic rings. The molecule has 2 rings (SSSR count). The zero-order chi connectivity index (χ0) is 11.4. The molecule has 0 saturated carbocycles. The van der Waals surface area contributed by atoms with Crippen molar-refractivity contribution in [2.24, 2.45) is 11.8 Å². The van der Waals surface area contributed by atoms with Gasteiger partial charge in [-0.15, -0.1) is 0 Å². The Morgan fingerprint density at radius 3 is 3.06 bits per heavy atom. The summed E-state index contributed by atoms with van der Waals surface area (Å²) in [6, 6.07) is 2.16. The van der Waals surface area contributed by atoms with Crippen LogP contribution in [0.2, 0.25) is 0 Å². The fraction of sp³-hybridized carbons (Fsp3) is 0.545. The van der Waals surface area contributed by atoms with E-state index < -0.39 is 0 Å². The second-order valence-electron chi connectivity index (χ2n) is 4.06. The lowest BCUT2D eigenvalue weighted by molar-refractivity contribution is 0.0389. The lowest BCUT2D eigenvalue weighted by Gasteiger charge is -2.29. The maximum absolute atomic E-state index is 5.64. The first kappa shape index (κ1) is 12.0. The third kappa shape index (κ3) is 2.79. The third-order valence-electron chi connectivity index (χ3n) is 2.93. The van der Waals surface area contributed by atoms with Crippen LogP contribution >= 0.6 is 15.9 Å². The van der Waals surface area contributed by atoms with Crippen LogP contribution in [-0.2, 0) is 4.74 Å². The van der Waals surface area contributed by atoms with Gasteiger partial charge in [0.05, 0.1) is 12.6 Å². The normalized spacial score (nSPS) is 23.0. The molecule has 5 heteroatoms. The van der Waals surface area contributed by atoms with Gasteiger partial charge in [-0.1, -0.05) is 0 Å². The van der Waals surface area contributed by atoms with Crippen LogP contribution in [0, 0.1) is 5.92 Å². The highest BCUT2D eigenvalue weighted by Gasteiger charge is 2.24. The molecule has 2 heterocycles. The number of rotatable bonds is 3. The van der Waals surface area contributed by atoms with Crippen molar-refractivity contribution in [2.75, 3.05) is 13.2 Å². The fourth-order valence-corrected chi connectivity index (χ4v) is 2.51. The van der Waals surface area contributed by atoms with Gasteiger partial charge in [0.15, 0.2) is 0 Å². The number of hydrazine groups is 1. The van der Waals surface area contributed by atoms with Crippen LogP contribution in [0.25, 0.3) is 0 Å². The number of halogens is 1. The van der Waals surface area contributed by atoms with Crippen LogP contribution in [-0.4, -0.2) is 18.2 Å². The Bertz CT molecular complexity index is 342. The number of nitrogens with one attached hydrogen (secondary N) is 1. The zero-order valence-corrected chi connectivity index (χ0v) is 10.6. The molecule has 0 aliphatic carbocycles. The van der Waals surface area contributed by atoms with Crippen LogP contribution in [0.15, 0.2) is 22.9 Å².